The molecule has 0 radical (unpaired) electrons. The van der Waals surface area contributed by atoms with Gasteiger partial charge in [0.1, 0.15) is 11.3 Å². The molecule has 1 aliphatic rings. The molecule has 4 heterocycles. The summed E-state index contributed by atoms with van der Waals surface area (Å²) in [4.78, 5) is 21.1. The van der Waals surface area contributed by atoms with E-state index in [1.54, 1.807) is 37.1 Å². The molecular weight excluding hydrogens is 372 g/mol. The van der Waals surface area contributed by atoms with Crippen molar-refractivity contribution in [2.45, 2.75) is 12.8 Å². The van der Waals surface area contributed by atoms with Crippen molar-refractivity contribution in [2.24, 2.45) is 5.92 Å². The van der Waals surface area contributed by atoms with E-state index in [0.29, 0.717) is 39.9 Å². The molecule has 10 heteroatoms. The van der Waals surface area contributed by atoms with Crippen molar-refractivity contribution in [3.8, 4) is 17.1 Å². The smallest absolute Gasteiger partial charge is 0.228 e. The van der Waals surface area contributed by atoms with E-state index in [9.17, 15) is 4.79 Å². The van der Waals surface area contributed by atoms with Gasteiger partial charge in [0.05, 0.1) is 13.3 Å². The maximum atomic E-state index is 12.1. The van der Waals surface area contributed by atoms with Gasteiger partial charge in [-0.3, -0.25) is 4.79 Å². The van der Waals surface area contributed by atoms with Gasteiger partial charge in [-0.2, -0.15) is 0 Å². The Bertz CT molecular complexity index is 1250. The number of nitrogens with zero attached hydrogens (tertiary/aromatic N) is 6. The number of rotatable bonds is 5. The van der Waals surface area contributed by atoms with E-state index in [1.165, 1.54) is 0 Å². The second kappa shape index (κ2) is 6.66. The predicted octanol–water partition coefficient (Wildman–Crippen LogP) is 2.13. The summed E-state index contributed by atoms with van der Waals surface area (Å²) in [6, 6.07) is 5.44. The highest BCUT2D eigenvalue weighted by Crippen LogP contribution is 2.32. The summed E-state index contributed by atoms with van der Waals surface area (Å²) in [5, 5.41) is 19.6. The molecule has 2 N–H and O–H groups in total. The molecule has 5 rings (SSSR count). The molecule has 0 atom stereocenters. The largest absolute Gasteiger partial charge is 0.495 e. The number of amides is 1. The highest BCUT2D eigenvalue weighted by Gasteiger charge is 2.30. The fourth-order valence-electron chi connectivity index (χ4n) is 3.13. The molecule has 0 spiro atoms. The van der Waals surface area contributed by atoms with Crippen LogP contribution in [0.3, 0.4) is 0 Å². The Morgan fingerprint density at radius 2 is 2.14 bits per heavy atom. The van der Waals surface area contributed by atoms with Gasteiger partial charge in [-0.05, 0) is 31.0 Å². The number of methoxy groups -OCH3 is 1. The zero-order valence-electron chi connectivity index (χ0n) is 15.9. The van der Waals surface area contributed by atoms with Crippen molar-refractivity contribution in [3.63, 3.8) is 0 Å². The Labute approximate surface area is 165 Å². The summed E-state index contributed by atoms with van der Waals surface area (Å²) in [5.74, 6) is 2.20. The van der Waals surface area contributed by atoms with Crippen LogP contribution in [0.4, 0.5) is 11.6 Å². The third kappa shape index (κ3) is 3.08. The zero-order valence-corrected chi connectivity index (χ0v) is 15.9. The first-order valence-electron chi connectivity index (χ1n) is 9.22. The number of carbonyl (C=O) groups excluding carboxylic acids is 1. The van der Waals surface area contributed by atoms with Crippen LogP contribution in [0.15, 0.2) is 30.6 Å². The zero-order chi connectivity index (χ0) is 20.0. The molecule has 1 amide bonds. The van der Waals surface area contributed by atoms with E-state index in [-0.39, 0.29) is 11.8 Å². The van der Waals surface area contributed by atoms with E-state index < -0.39 is 0 Å². The highest BCUT2D eigenvalue weighted by molar-refractivity contribution is 6.01. The van der Waals surface area contributed by atoms with Crippen LogP contribution in [0.5, 0.6) is 5.75 Å². The standard InChI is InChI=1S/C19H18N8O2/c1-20-18-16-12(7-14(24-25-16)22-19(28)10-3-4-10)13(8-21-18)17-23-15-6-5-11(29-2)9-27(15)26-17/h5-10H,3-4H2,1-2H3,(H,20,21)(H,22,24,28). The van der Waals surface area contributed by atoms with Gasteiger partial charge in [0.25, 0.3) is 0 Å². The number of fused-ring (bicyclic) bond motifs is 2. The summed E-state index contributed by atoms with van der Waals surface area (Å²) in [5.41, 5.74) is 1.94. The van der Waals surface area contributed by atoms with Crippen molar-refractivity contribution in [3.05, 3.63) is 30.6 Å². The number of carbonyl (C=O) groups is 1. The Balaban J connectivity index is 1.64. The fourth-order valence-corrected chi connectivity index (χ4v) is 3.13. The monoisotopic (exact) mass is 390 g/mol. The van der Waals surface area contributed by atoms with Gasteiger partial charge in [0, 0.05) is 30.1 Å². The Kier molecular flexibility index (Phi) is 3.97. The highest BCUT2D eigenvalue weighted by atomic mass is 16.5. The summed E-state index contributed by atoms with van der Waals surface area (Å²) in [6.07, 6.45) is 5.28. The van der Waals surface area contributed by atoms with E-state index in [2.05, 4.69) is 35.9 Å². The number of hydrogen-bond donors (Lipinski definition) is 2. The molecule has 29 heavy (non-hydrogen) atoms. The SMILES string of the molecule is CNc1ncc(-c2nc3ccc(OC)cn3n2)c2cc(NC(=O)C3CC3)nnc12. The van der Waals surface area contributed by atoms with E-state index >= 15 is 0 Å². The topological polar surface area (TPSA) is 119 Å². The molecule has 0 unspecified atom stereocenters. The van der Waals surface area contributed by atoms with Gasteiger partial charge in [0.15, 0.2) is 23.1 Å². The van der Waals surface area contributed by atoms with Crippen LogP contribution < -0.4 is 15.4 Å². The molecule has 146 valence electrons. The number of pyridine rings is 2. The molecule has 0 aliphatic heterocycles. The lowest BCUT2D eigenvalue weighted by molar-refractivity contribution is -0.117. The summed E-state index contributed by atoms with van der Waals surface area (Å²) in [6.45, 7) is 0. The van der Waals surface area contributed by atoms with Gasteiger partial charge >= 0.3 is 0 Å². The predicted molar refractivity (Wildman–Crippen MR) is 107 cm³/mol. The minimum atomic E-state index is -0.0268. The van der Waals surface area contributed by atoms with Gasteiger partial charge in [-0.25, -0.2) is 14.5 Å². The second-order valence-corrected chi connectivity index (χ2v) is 6.83. The van der Waals surface area contributed by atoms with Gasteiger partial charge in [0.2, 0.25) is 5.91 Å². The fraction of sp³-hybridized carbons (Fsp3) is 0.263. The summed E-state index contributed by atoms with van der Waals surface area (Å²) < 4.78 is 6.90. The van der Waals surface area contributed by atoms with Crippen molar-refractivity contribution >= 4 is 34.1 Å². The van der Waals surface area contributed by atoms with Crippen LogP contribution in [0, 0.1) is 5.92 Å². The van der Waals surface area contributed by atoms with Crippen LogP contribution >= 0.6 is 0 Å². The van der Waals surface area contributed by atoms with Crippen LogP contribution in [0.2, 0.25) is 0 Å². The molecule has 0 saturated heterocycles. The van der Waals surface area contributed by atoms with Crippen molar-refractivity contribution in [1.82, 2.24) is 29.8 Å². The first-order valence-corrected chi connectivity index (χ1v) is 9.22. The van der Waals surface area contributed by atoms with Gasteiger partial charge in [-0.1, -0.05) is 0 Å². The number of hydrogen-bond acceptors (Lipinski definition) is 8. The molecule has 1 fully saturated rings. The first kappa shape index (κ1) is 17.3. The van der Waals surface area contributed by atoms with Crippen LogP contribution in [0.1, 0.15) is 12.8 Å². The first-order chi connectivity index (χ1) is 14.2. The Hall–Kier alpha value is -3.82. The Morgan fingerprint density at radius 3 is 2.90 bits per heavy atom. The lowest BCUT2D eigenvalue weighted by Gasteiger charge is -2.09. The number of anilines is 2. The van der Waals surface area contributed by atoms with Crippen molar-refractivity contribution in [1.29, 1.82) is 0 Å². The lowest BCUT2D eigenvalue weighted by Crippen LogP contribution is -2.15. The molecule has 1 aliphatic carbocycles. The van der Waals surface area contributed by atoms with Gasteiger partial charge < -0.3 is 15.4 Å². The third-order valence-corrected chi connectivity index (χ3v) is 4.85. The molecule has 1 saturated carbocycles. The quantitative estimate of drug-likeness (QED) is 0.532. The van der Waals surface area contributed by atoms with E-state index in [1.807, 2.05) is 12.1 Å². The number of aromatic nitrogens is 6. The molecule has 10 nitrogen and oxygen atoms in total. The maximum Gasteiger partial charge on any atom is 0.228 e. The average Bonchev–Trinajstić information content (AvgIpc) is 3.51. The lowest BCUT2D eigenvalue weighted by atomic mass is 10.1. The summed E-state index contributed by atoms with van der Waals surface area (Å²) in [7, 11) is 3.37. The average molecular weight is 390 g/mol. The molecule has 0 bridgehead atoms. The minimum Gasteiger partial charge on any atom is -0.495 e. The van der Waals surface area contributed by atoms with Crippen LogP contribution in [-0.4, -0.2) is 49.8 Å². The normalized spacial score (nSPS) is 13.6. The summed E-state index contributed by atoms with van der Waals surface area (Å²) >= 11 is 0. The molecule has 4 aromatic heterocycles. The maximum absolute atomic E-state index is 12.1. The minimum absolute atomic E-state index is 0.0268. The number of ether oxygens (including phenoxy) is 1. The van der Waals surface area contributed by atoms with Crippen LogP contribution in [-0.2, 0) is 4.79 Å². The van der Waals surface area contributed by atoms with Crippen LogP contribution in [0.25, 0.3) is 27.9 Å². The second-order valence-electron chi connectivity index (χ2n) is 6.83. The van der Waals surface area contributed by atoms with E-state index in [4.69, 9.17) is 4.74 Å². The third-order valence-electron chi connectivity index (χ3n) is 4.85. The van der Waals surface area contributed by atoms with E-state index in [0.717, 1.165) is 18.2 Å². The molecular formula is C19H18N8O2. The number of nitrogens with one attached hydrogen (secondary N) is 2. The Morgan fingerprint density at radius 1 is 1.28 bits per heavy atom. The molecule has 0 aromatic carbocycles. The van der Waals surface area contributed by atoms with Gasteiger partial charge in [-0.15, -0.1) is 15.3 Å². The molecule has 4 aromatic rings. The van der Waals surface area contributed by atoms with Crippen molar-refractivity contribution < 1.29 is 9.53 Å². The van der Waals surface area contributed by atoms with Crippen molar-refractivity contribution in [2.75, 3.05) is 24.8 Å².